The van der Waals surface area contributed by atoms with Crippen molar-refractivity contribution in [3.8, 4) is 5.75 Å². The smallest absolute Gasteiger partial charge is 0.349 e. The summed E-state index contributed by atoms with van der Waals surface area (Å²) in [6.45, 7) is 3.31. The molecule has 1 aromatic rings. The fourth-order valence-corrected chi connectivity index (χ4v) is 2.19. The second-order valence-electron chi connectivity index (χ2n) is 5.91. The zero-order valence-electron chi connectivity index (χ0n) is 16.2. The topological polar surface area (TPSA) is 142 Å². The summed E-state index contributed by atoms with van der Waals surface area (Å²) < 4.78 is 13.8. The van der Waals surface area contributed by atoms with Crippen LogP contribution in [0, 0.1) is 0 Å². The van der Waals surface area contributed by atoms with Crippen molar-refractivity contribution in [1.82, 2.24) is 0 Å². The van der Waals surface area contributed by atoms with E-state index >= 15 is 0 Å². The van der Waals surface area contributed by atoms with E-state index < -0.39 is 35.8 Å². The third kappa shape index (κ3) is 9.27. The summed E-state index contributed by atoms with van der Waals surface area (Å²) in [7, 11) is 0. The van der Waals surface area contributed by atoms with Gasteiger partial charge in [0.1, 0.15) is 11.3 Å². The van der Waals surface area contributed by atoms with E-state index in [4.69, 9.17) is 4.74 Å². The first-order valence-corrected chi connectivity index (χ1v) is 8.64. The minimum Gasteiger partial charge on any atom is -0.426 e. The van der Waals surface area contributed by atoms with Crippen LogP contribution in [-0.2, 0) is 33.4 Å². The Hall–Kier alpha value is -3.56. The van der Waals surface area contributed by atoms with Gasteiger partial charge in [-0.2, -0.15) is 0 Å². The first kappa shape index (κ1) is 23.5. The van der Waals surface area contributed by atoms with Gasteiger partial charge in [-0.15, -0.1) is 0 Å². The van der Waals surface area contributed by atoms with E-state index in [0.717, 1.165) is 20.8 Å². The van der Waals surface area contributed by atoms with Crippen molar-refractivity contribution in [2.45, 2.75) is 46.5 Å². The third-order valence-corrected chi connectivity index (χ3v) is 3.27. The van der Waals surface area contributed by atoms with Gasteiger partial charge in [0.05, 0.1) is 0 Å². The first-order valence-electron chi connectivity index (χ1n) is 8.64. The van der Waals surface area contributed by atoms with Crippen molar-refractivity contribution in [2.24, 2.45) is 0 Å². The Morgan fingerprint density at radius 2 is 1.45 bits per heavy atom. The van der Waals surface area contributed by atoms with E-state index in [1.165, 1.54) is 18.2 Å². The lowest BCUT2D eigenvalue weighted by Crippen LogP contribution is -2.15. The molecule has 0 aliphatic rings. The molecule has 1 rings (SSSR count). The normalized spacial score (nSPS) is 9.90. The number of amides is 1. The highest BCUT2D eigenvalue weighted by molar-refractivity contribution is 6.01. The van der Waals surface area contributed by atoms with Gasteiger partial charge in [0.2, 0.25) is 5.91 Å². The lowest BCUT2D eigenvalue weighted by molar-refractivity contribution is -0.158. The van der Waals surface area contributed by atoms with Gasteiger partial charge in [0.15, 0.2) is 0 Å². The zero-order chi connectivity index (χ0) is 22.0. The average molecular weight is 407 g/mol. The fourth-order valence-electron chi connectivity index (χ4n) is 2.19. The lowest BCUT2D eigenvalue weighted by atomic mass is 10.1. The molecule has 0 spiro atoms. The van der Waals surface area contributed by atoms with Crippen LogP contribution in [0.15, 0.2) is 18.2 Å². The Bertz CT molecular complexity index is 829. The monoisotopic (exact) mass is 407 g/mol. The summed E-state index contributed by atoms with van der Waals surface area (Å²) in [5, 5.41) is 2.55. The highest BCUT2D eigenvalue weighted by atomic mass is 16.6. The van der Waals surface area contributed by atoms with Gasteiger partial charge < -0.3 is 19.5 Å². The number of benzene rings is 1. The molecular formula is C19H21NO9. The van der Waals surface area contributed by atoms with Gasteiger partial charge in [-0.3, -0.25) is 24.0 Å². The molecule has 0 saturated carbocycles. The lowest BCUT2D eigenvalue weighted by Gasteiger charge is -2.11. The number of carbonyl (C=O) groups is 6. The van der Waals surface area contributed by atoms with Crippen LogP contribution in [0.1, 0.15) is 56.8 Å². The molecule has 0 atom stereocenters. The van der Waals surface area contributed by atoms with E-state index in [-0.39, 0.29) is 29.8 Å². The molecule has 1 amide bonds. The number of nitrogens with one attached hydrogen (secondary N) is 1. The van der Waals surface area contributed by atoms with Crippen molar-refractivity contribution >= 4 is 41.4 Å². The number of esters is 5. The van der Waals surface area contributed by atoms with Crippen LogP contribution in [0.5, 0.6) is 5.75 Å². The molecule has 10 nitrogen and oxygen atoms in total. The molecule has 29 heavy (non-hydrogen) atoms. The van der Waals surface area contributed by atoms with Gasteiger partial charge >= 0.3 is 29.8 Å². The van der Waals surface area contributed by atoms with Gasteiger partial charge in [0.25, 0.3) is 0 Å². The van der Waals surface area contributed by atoms with Crippen LogP contribution in [-0.4, -0.2) is 35.8 Å². The second-order valence-corrected chi connectivity index (χ2v) is 5.91. The minimum absolute atomic E-state index is 0.00494. The number of carbonyl (C=O) groups excluding carboxylic acids is 6. The van der Waals surface area contributed by atoms with Gasteiger partial charge in [-0.1, -0.05) is 0 Å². The number of hydrogen-bond donors (Lipinski definition) is 1. The van der Waals surface area contributed by atoms with E-state index in [9.17, 15) is 28.8 Å². The van der Waals surface area contributed by atoms with E-state index in [0.29, 0.717) is 12.8 Å². The van der Waals surface area contributed by atoms with Crippen LogP contribution in [0.25, 0.3) is 0 Å². The van der Waals surface area contributed by atoms with Gasteiger partial charge in [-0.25, -0.2) is 4.79 Å². The van der Waals surface area contributed by atoms with Crippen LogP contribution in [0.2, 0.25) is 0 Å². The van der Waals surface area contributed by atoms with Crippen LogP contribution in [0.4, 0.5) is 5.69 Å². The van der Waals surface area contributed by atoms with Crippen molar-refractivity contribution in [2.75, 3.05) is 5.32 Å². The molecular weight excluding hydrogens is 386 g/mol. The molecule has 0 fully saturated rings. The first-order chi connectivity index (χ1) is 13.6. The predicted molar refractivity (Wildman–Crippen MR) is 97.7 cm³/mol. The number of hydrogen-bond acceptors (Lipinski definition) is 9. The van der Waals surface area contributed by atoms with Crippen LogP contribution in [0.3, 0.4) is 0 Å². The summed E-state index contributed by atoms with van der Waals surface area (Å²) in [6, 6.07) is 3.90. The van der Waals surface area contributed by atoms with E-state index in [2.05, 4.69) is 14.8 Å². The molecule has 1 aromatic carbocycles. The molecule has 0 aliphatic heterocycles. The van der Waals surface area contributed by atoms with E-state index in [1.807, 2.05) is 0 Å². The SMILES string of the molecule is CC(=O)OC(=O)CCCCC(=O)Nc1ccc(OC(C)=O)c(C(=O)OC(C)=O)c1. The predicted octanol–water partition coefficient (Wildman–Crippen LogP) is 1.90. The summed E-state index contributed by atoms with van der Waals surface area (Å²) in [4.78, 5) is 68.1. The van der Waals surface area contributed by atoms with Crippen molar-refractivity contribution in [1.29, 1.82) is 0 Å². The van der Waals surface area contributed by atoms with Gasteiger partial charge in [0, 0.05) is 39.3 Å². The Morgan fingerprint density at radius 1 is 0.828 bits per heavy atom. The number of ether oxygens (including phenoxy) is 3. The Balaban J connectivity index is 2.70. The van der Waals surface area contributed by atoms with Crippen LogP contribution >= 0.6 is 0 Å². The maximum Gasteiger partial charge on any atom is 0.349 e. The molecule has 0 saturated heterocycles. The Morgan fingerprint density at radius 3 is 2.03 bits per heavy atom. The van der Waals surface area contributed by atoms with Crippen LogP contribution < -0.4 is 10.1 Å². The standard InChI is InChI=1S/C19H21NO9/c1-11(21)27-16-9-8-14(10-15(16)19(26)29-13(3)23)20-17(24)6-4-5-7-18(25)28-12(2)22/h8-10H,4-7H2,1-3H3,(H,20,24). The molecule has 0 radical (unpaired) electrons. The minimum atomic E-state index is -1.03. The van der Waals surface area contributed by atoms with Crippen molar-refractivity contribution in [3.63, 3.8) is 0 Å². The number of unbranched alkanes of at least 4 members (excludes halogenated alkanes) is 1. The summed E-state index contributed by atoms with van der Waals surface area (Å²) in [5.41, 5.74) is 0.0116. The molecule has 0 bridgehead atoms. The number of rotatable bonds is 8. The van der Waals surface area contributed by atoms with Crippen molar-refractivity contribution in [3.05, 3.63) is 23.8 Å². The largest absolute Gasteiger partial charge is 0.426 e. The highest BCUT2D eigenvalue weighted by Crippen LogP contribution is 2.24. The fraction of sp³-hybridized carbons (Fsp3) is 0.368. The summed E-state index contributed by atoms with van der Waals surface area (Å²) in [5.74, 6) is -4.42. The average Bonchev–Trinajstić information content (AvgIpc) is 2.58. The summed E-state index contributed by atoms with van der Waals surface area (Å²) in [6.07, 6.45) is 0.794. The molecule has 156 valence electrons. The molecule has 0 unspecified atom stereocenters. The molecule has 0 aromatic heterocycles. The van der Waals surface area contributed by atoms with Gasteiger partial charge in [-0.05, 0) is 31.0 Å². The molecule has 0 heterocycles. The number of anilines is 1. The maximum atomic E-state index is 12.0. The summed E-state index contributed by atoms with van der Waals surface area (Å²) >= 11 is 0. The second kappa shape index (κ2) is 11.3. The Labute approximate surface area is 166 Å². The maximum absolute atomic E-state index is 12.0. The Kier molecular flexibility index (Phi) is 9.17. The molecule has 0 aliphatic carbocycles. The highest BCUT2D eigenvalue weighted by Gasteiger charge is 2.19. The van der Waals surface area contributed by atoms with E-state index in [1.54, 1.807) is 0 Å². The zero-order valence-corrected chi connectivity index (χ0v) is 16.2. The van der Waals surface area contributed by atoms with Crippen molar-refractivity contribution < 1.29 is 43.0 Å². The quantitative estimate of drug-likeness (QED) is 0.296. The molecule has 10 heteroatoms. The molecule has 1 N–H and O–H groups in total. The third-order valence-electron chi connectivity index (χ3n) is 3.27.